The molecule has 0 saturated heterocycles. The summed E-state index contributed by atoms with van der Waals surface area (Å²) in [6, 6.07) is 15.5. The van der Waals surface area contributed by atoms with E-state index >= 15 is 0 Å². The van der Waals surface area contributed by atoms with E-state index in [0.29, 0.717) is 23.8 Å². The first kappa shape index (κ1) is 21.6. The minimum atomic E-state index is -0.964. The Balaban J connectivity index is 2.09. The van der Waals surface area contributed by atoms with Crippen LogP contribution < -0.4 is 11.1 Å². The smallest absolute Gasteiger partial charge is 0.258 e. The lowest BCUT2D eigenvalue weighted by molar-refractivity contribution is -0.116. The Hall–Kier alpha value is -2.73. The first-order valence-corrected chi connectivity index (χ1v) is 9.74. The number of azo groups is 1. The second-order valence-corrected chi connectivity index (χ2v) is 6.75. The van der Waals surface area contributed by atoms with Crippen molar-refractivity contribution in [1.82, 2.24) is 0 Å². The van der Waals surface area contributed by atoms with Gasteiger partial charge in [-0.05, 0) is 36.2 Å². The van der Waals surface area contributed by atoms with E-state index in [0.717, 1.165) is 24.8 Å². The number of unbranched alkanes of at least 4 members (excludes halogenated alkanes) is 2. The van der Waals surface area contributed by atoms with Gasteiger partial charge < -0.3 is 11.1 Å². The van der Waals surface area contributed by atoms with Crippen LogP contribution in [0.2, 0.25) is 5.02 Å². The Bertz CT molecular complexity index is 790. The van der Waals surface area contributed by atoms with Crippen LogP contribution in [-0.2, 0) is 11.3 Å². The molecule has 0 fully saturated rings. The van der Waals surface area contributed by atoms with E-state index in [1.54, 1.807) is 24.3 Å². The number of hydrogen-bond donors (Lipinski definition) is 2. The molecule has 0 aliphatic carbocycles. The normalized spacial score (nSPS) is 12.9. The molecule has 0 aliphatic heterocycles. The number of carbonyl (C=O) groups is 1. The summed E-state index contributed by atoms with van der Waals surface area (Å²) in [7, 11) is 0. The van der Waals surface area contributed by atoms with E-state index < -0.39 is 6.04 Å². The van der Waals surface area contributed by atoms with Gasteiger partial charge in [0.05, 0.1) is 13.1 Å². The minimum Gasteiger partial charge on any atom is -0.385 e. The highest BCUT2D eigenvalue weighted by atomic mass is 35.5. The monoisotopic (exact) mass is 399 g/mol. The molecule has 148 valence electrons. The highest BCUT2D eigenvalue weighted by Crippen LogP contribution is 2.11. The number of nitrogens with one attached hydrogen (secondary N) is 1. The van der Waals surface area contributed by atoms with E-state index in [-0.39, 0.29) is 11.7 Å². The number of nitrogens with zero attached hydrogens (tertiary/aromatic N) is 3. The molecule has 0 bridgehead atoms. The van der Waals surface area contributed by atoms with Gasteiger partial charge in [0, 0.05) is 10.7 Å². The maximum atomic E-state index is 12.7. The molecule has 1 unspecified atom stereocenters. The fourth-order valence-corrected chi connectivity index (χ4v) is 2.53. The molecule has 7 heteroatoms. The van der Waals surface area contributed by atoms with Crippen molar-refractivity contribution in [2.24, 2.45) is 21.0 Å². The van der Waals surface area contributed by atoms with Crippen molar-refractivity contribution in [2.45, 2.75) is 38.8 Å². The summed E-state index contributed by atoms with van der Waals surface area (Å²) in [6.45, 7) is 3.02. The molecular formula is C21H26ClN5O. The molecule has 1 atom stereocenters. The van der Waals surface area contributed by atoms with Gasteiger partial charge in [0.25, 0.3) is 5.91 Å². The van der Waals surface area contributed by atoms with Gasteiger partial charge in [0.15, 0.2) is 0 Å². The summed E-state index contributed by atoms with van der Waals surface area (Å²) in [5, 5.41) is 11.8. The molecule has 0 aromatic heterocycles. The number of amides is 1. The van der Waals surface area contributed by atoms with Crippen LogP contribution in [0.5, 0.6) is 0 Å². The fraction of sp³-hybridized carbons (Fsp3) is 0.333. The quantitative estimate of drug-likeness (QED) is 0.259. The third kappa shape index (κ3) is 7.48. The van der Waals surface area contributed by atoms with Gasteiger partial charge in [-0.1, -0.05) is 61.7 Å². The maximum Gasteiger partial charge on any atom is 0.258 e. The standard InChI is InChI=1S/C21H26ClN5O/c1-2-3-7-14-25-27-19(21(28)26-18-8-5-4-6-9-18)20(23)24-15-16-10-12-17(22)13-11-16/h4-6,8-13,19H,2-3,7,14-15H2,1H3,(H2,23,24)(H,26,28). The molecule has 0 saturated carbocycles. The van der Waals surface area contributed by atoms with E-state index in [9.17, 15) is 4.79 Å². The predicted octanol–water partition coefficient (Wildman–Crippen LogP) is 4.85. The second kappa shape index (κ2) is 11.9. The minimum absolute atomic E-state index is 0.127. The topological polar surface area (TPSA) is 92.2 Å². The van der Waals surface area contributed by atoms with E-state index in [2.05, 4.69) is 27.5 Å². The lowest BCUT2D eigenvalue weighted by Gasteiger charge is -2.12. The van der Waals surface area contributed by atoms with Crippen LogP contribution in [0.25, 0.3) is 0 Å². The summed E-state index contributed by atoms with van der Waals surface area (Å²) in [6.07, 6.45) is 3.09. The maximum absolute atomic E-state index is 12.7. The number of anilines is 1. The van der Waals surface area contributed by atoms with Crippen molar-refractivity contribution in [2.75, 3.05) is 11.9 Å². The first-order valence-electron chi connectivity index (χ1n) is 9.37. The summed E-state index contributed by atoms with van der Waals surface area (Å²) >= 11 is 5.90. The molecule has 6 nitrogen and oxygen atoms in total. The summed E-state index contributed by atoms with van der Waals surface area (Å²) in [4.78, 5) is 17.0. The van der Waals surface area contributed by atoms with Crippen molar-refractivity contribution >= 4 is 29.0 Å². The fourth-order valence-electron chi connectivity index (χ4n) is 2.41. The lowest BCUT2D eigenvalue weighted by Crippen LogP contribution is -2.38. The molecule has 2 rings (SSSR count). The Morgan fingerprint density at radius 3 is 2.50 bits per heavy atom. The molecule has 0 radical (unpaired) electrons. The van der Waals surface area contributed by atoms with E-state index in [1.165, 1.54) is 0 Å². The van der Waals surface area contributed by atoms with Gasteiger partial charge in [0.1, 0.15) is 5.84 Å². The van der Waals surface area contributed by atoms with E-state index in [1.807, 2.05) is 30.3 Å². The third-order valence-electron chi connectivity index (χ3n) is 3.99. The Labute approximate surface area is 170 Å². The molecule has 2 aromatic rings. The van der Waals surface area contributed by atoms with Crippen molar-refractivity contribution < 1.29 is 4.79 Å². The molecule has 2 aromatic carbocycles. The van der Waals surface area contributed by atoms with Crippen LogP contribution >= 0.6 is 11.6 Å². The van der Waals surface area contributed by atoms with Crippen molar-refractivity contribution in [1.29, 1.82) is 0 Å². The Morgan fingerprint density at radius 2 is 1.82 bits per heavy atom. The van der Waals surface area contributed by atoms with Crippen LogP contribution in [0.3, 0.4) is 0 Å². The number of aliphatic imine (C=N–C) groups is 1. The largest absolute Gasteiger partial charge is 0.385 e. The van der Waals surface area contributed by atoms with Crippen LogP contribution in [0, 0.1) is 0 Å². The zero-order valence-electron chi connectivity index (χ0n) is 16.0. The van der Waals surface area contributed by atoms with Crippen LogP contribution in [-0.4, -0.2) is 24.3 Å². The molecule has 0 heterocycles. The third-order valence-corrected chi connectivity index (χ3v) is 4.24. The zero-order chi connectivity index (χ0) is 20.2. The molecule has 28 heavy (non-hydrogen) atoms. The number of carbonyl (C=O) groups excluding carboxylic acids is 1. The SMILES string of the molecule is CCCCCN=NC(C(=O)Nc1ccccc1)C(N)=NCc1ccc(Cl)cc1. The van der Waals surface area contributed by atoms with E-state index in [4.69, 9.17) is 17.3 Å². The van der Waals surface area contributed by atoms with Gasteiger partial charge in [-0.15, -0.1) is 0 Å². The van der Waals surface area contributed by atoms with Gasteiger partial charge in [-0.25, -0.2) is 0 Å². The number of amidine groups is 1. The number of benzene rings is 2. The van der Waals surface area contributed by atoms with Crippen molar-refractivity contribution in [3.05, 3.63) is 65.2 Å². The molecule has 1 amide bonds. The summed E-state index contributed by atoms with van der Waals surface area (Å²) < 4.78 is 0. The number of para-hydroxylation sites is 1. The summed E-state index contributed by atoms with van der Waals surface area (Å²) in [5.41, 5.74) is 7.71. The van der Waals surface area contributed by atoms with Gasteiger partial charge in [-0.2, -0.15) is 10.2 Å². The van der Waals surface area contributed by atoms with Crippen LogP contribution in [0.15, 0.2) is 69.8 Å². The average Bonchev–Trinajstić information content (AvgIpc) is 2.70. The Morgan fingerprint density at radius 1 is 1.11 bits per heavy atom. The molecule has 0 spiro atoms. The number of rotatable bonds is 10. The first-order chi connectivity index (χ1) is 13.6. The summed E-state index contributed by atoms with van der Waals surface area (Å²) in [5.74, 6) is -0.231. The van der Waals surface area contributed by atoms with Gasteiger partial charge in [-0.3, -0.25) is 9.79 Å². The van der Waals surface area contributed by atoms with Gasteiger partial charge >= 0.3 is 0 Å². The van der Waals surface area contributed by atoms with Crippen molar-refractivity contribution in [3.63, 3.8) is 0 Å². The molecular weight excluding hydrogens is 374 g/mol. The zero-order valence-corrected chi connectivity index (χ0v) is 16.8. The highest BCUT2D eigenvalue weighted by Gasteiger charge is 2.22. The van der Waals surface area contributed by atoms with Crippen molar-refractivity contribution in [3.8, 4) is 0 Å². The Kier molecular flexibility index (Phi) is 9.15. The van der Waals surface area contributed by atoms with Crippen LogP contribution in [0.1, 0.15) is 31.7 Å². The number of hydrogen-bond acceptors (Lipinski definition) is 4. The highest BCUT2D eigenvalue weighted by molar-refractivity contribution is 6.30. The average molecular weight is 400 g/mol. The molecule has 0 aliphatic rings. The van der Waals surface area contributed by atoms with Crippen LogP contribution in [0.4, 0.5) is 5.69 Å². The molecule has 3 N–H and O–H groups in total. The number of halogens is 1. The van der Waals surface area contributed by atoms with Gasteiger partial charge in [0.2, 0.25) is 6.04 Å². The predicted molar refractivity (Wildman–Crippen MR) is 115 cm³/mol. The second-order valence-electron chi connectivity index (χ2n) is 6.31. The number of nitrogens with two attached hydrogens (primary N) is 1. The lowest BCUT2D eigenvalue weighted by atomic mass is 10.2.